The van der Waals surface area contributed by atoms with Crippen LogP contribution in [-0.2, 0) is 25.5 Å². The summed E-state index contributed by atoms with van der Waals surface area (Å²) in [7, 11) is 0. The summed E-state index contributed by atoms with van der Waals surface area (Å²) in [5.41, 5.74) is 0.403. The van der Waals surface area contributed by atoms with Crippen LogP contribution in [-0.4, -0.2) is 53.8 Å². The summed E-state index contributed by atoms with van der Waals surface area (Å²) in [5, 5.41) is 12.1. The van der Waals surface area contributed by atoms with Gasteiger partial charge in [-0.15, -0.1) is 0 Å². The fraction of sp³-hybridized carbons (Fsp3) is 0.382. The van der Waals surface area contributed by atoms with Gasteiger partial charge in [-0.3, -0.25) is 9.59 Å². The van der Waals surface area contributed by atoms with Crippen molar-refractivity contribution >= 4 is 49.6 Å². The van der Waals surface area contributed by atoms with E-state index >= 15 is 0 Å². The van der Waals surface area contributed by atoms with E-state index in [2.05, 4.69) is 37.2 Å². The molecule has 3 aromatic rings. The number of hydrogen-bond donors (Lipinski definition) is 2. The molecule has 3 aromatic carbocycles. The summed E-state index contributed by atoms with van der Waals surface area (Å²) in [6, 6.07) is 22.7. The van der Waals surface area contributed by atoms with Crippen molar-refractivity contribution in [2.75, 3.05) is 19.8 Å². The zero-order valence-corrected chi connectivity index (χ0v) is 28.3. The van der Waals surface area contributed by atoms with Crippen LogP contribution in [0.25, 0.3) is 0 Å². The van der Waals surface area contributed by atoms with Crippen LogP contribution < -0.4 is 10.1 Å². The van der Waals surface area contributed by atoms with Gasteiger partial charge in [-0.1, -0.05) is 56.1 Å². The van der Waals surface area contributed by atoms with Gasteiger partial charge in [-0.25, -0.2) is 4.99 Å². The quantitative estimate of drug-likeness (QED) is 0.150. The van der Waals surface area contributed by atoms with Crippen LogP contribution in [0, 0.1) is 0 Å². The van der Waals surface area contributed by atoms with E-state index in [1.807, 2.05) is 81.4 Å². The third kappa shape index (κ3) is 9.15. The highest BCUT2D eigenvalue weighted by Crippen LogP contribution is 2.43. The Morgan fingerprint density at radius 3 is 2.23 bits per heavy atom. The largest absolute Gasteiger partial charge is 0.494 e. The van der Waals surface area contributed by atoms with Gasteiger partial charge in [0.15, 0.2) is 11.6 Å². The molecule has 1 aliphatic heterocycles. The normalized spacial score (nSPS) is 17.9. The number of aliphatic hydroxyl groups excluding tert-OH is 1. The number of nitrogens with zero attached hydrogens (tertiary/aromatic N) is 1. The summed E-state index contributed by atoms with van der Waals surface area (Å²) in [5.74, 6) is 0.200. The second-order valence-electron chi connectivity index (χ2n) is 11.6. The average molecular weight is 730 g/mol. The Hall–Kier alpha value is -3.21. The van der Waals surface area contributed by atoms with Crippen molar-refractivity contribution in [3.63, 3.8) is 0 Å². The molecule has 0 bridgehead atoms. The SMILES string of the molecule is CC(C)(C)OC(=O)CC[C@@]1(C(=O)NCCc2ccc(Br)cc2)N=C(c2ccc(OCCCO)cc2)O[C@@H]1c1ccc(Br)cc1. The standard InChI is InChI=1S/C34H38Br2N2O6/c1-33(2,3)44-29(40)17-19-34(32(41)37-20-18-23-5-11-26(35)12-6-23)30(24-7-13-27(36)14-8-24)43-31(38-34)25-9-15-28(16-10-25)42-22-4-21-39/h5-16,30,39H,4,17-22H2,1-3H3,(H,37,41)/t30-,34-/m1/s1. The molecular weight excluding hydrogens is 692 g/mol. The Morgan fingerprint density at radius 1 is 0.977 bits per heavy atom. The van der Waals surface area contributed by atoms with E-state index in [9.17, 15) is 9.59 Å². The number of halogens is 2. The highest BCUT2D eigenvalue weighted by atomic mass is 79.9. The molecule has 10 heteroatoms. The van der Waals surface area contributed by atoms with E-state index in [1.165, 1.54) is 0 Å². The Balaban J connectivity index is 1.67. The number of amides is 1. The van der Waals surface area contributed by atoms with Gasteiger partial charge in [0.05, 0.1) is 6.61 Å². The molecular formula is C34H38Br2N2O6. The molecule has 1 amide bonds. The molecule has 8 nitrogen and oxygen atoms in total. The molecule has 4 rings (SSSR count). The minimum absolute atomic E-state index is 0.0256. The average Bonchev–Trinajstić information content (AvgIpc) is 3.38. The van der Waals surface area contributed by atoms with Crippen molar-refractivity contribution in [3.8, 4) is 5.75 Å². The minimum Gasteiger partial charge on any atom is -0.494 e. The Bertz CT molecular complexity index is 1440. The van der Waals surface area contributed by atoms with Gasteiger partial charge < -0.3 is 24.6 Å². The number of rotatable bonds is 13. The van der Waals surface area contributed by atoms with Gasteiger partial charge in [0.2, 0.25) is 5.90 Å². The van der Waals surface area contributed by atoms with Crippen molar-refractivity contribution in [2.24, 2.45) is 4.99 Å². The summed E-state index contributed by atoms with van der Waals surface area (Å²) in [6.07, 6.45) is 0.421. The molecule has 0 spiro atoms. The Kier molecular flexibility index (Phi) is 11.6. The lowest BCUT2D eigenvalue weighted by molar-refractivity contribution is -0.155. The number of aliphatic hydroxyl groups is 1. The first-order valence-corrected chi connectivity index (χ1v) is 16.2. The zero-order valence-electron chi connectivity index (χ0n) is 25.1. The molecule has 0 radical (unpaired) electrons. The number of carbonyl (C=O) groups excluding carboxylic acids is 2. The maximum Gasteiger partial charge on any atom is 0.306 e. The van der Waals surface area contributed by atoms with E-state index in [4.69, 9.17) is 24.3 Å². The number of carbonyl (C=O) groups is 2. The first-order valence-electron chi connectivity index (χ1n) is 14.6. The van der Waals surface area contributed by atoms with Gasteiger partial charge >= 0.3 is 5.97 Å². The number of esters is 1. The molecule has 2 N–H and O–H groups in total. The molecule has 0 saturated carbocycles. The van der Waals surface area contributed by atoms with Crippen LogP contribution in [0.15, 0.2) is 86.7 Å². The van der Waals surface area contributed by atoms with Crippen LogP contribution in [0.3, 0.4) is 0 Å². The zero-order chi connectivity index (χ0) is 31.7. The van der Waals surface area contributed by atoms with Crippen LogP contribution in [0.1, 0.15) is 62.8 Å². The van der Waals surface area contributed by atoms with Crippen LogP contribution in [0.4, 0.5) is 0 Å². The lowest BCUT2D eigenvalue weighted by Crippen LogP contribution is -2.49. The van der Waals surface area contributed by atoms with E-state index < -0.39 is 23.2 Å². The summed E-state index contributed by atoms with van der Waals surface area (Å²) >= 11 is 6.95. The van der Waals surface area contributed by atoms with Crippen LogP contribution in [0.2, 0.25) is 0 Å². The maximum atomic E-state index is 14.2. The molecule has 0 saturated heterocycles. The molecule has 2 atom stereocenters. The first kappa shape index (κ1) is 33.7. The number of nitrogens with one attached hydrogen (secondary N) is 1. The highest BCUT2D eigenvalue weighted by molar-refractivity contribution is 9.10. The predicted octanol–water partition coefficient (Wildman–Crippen LogP) is 6.71. The van der Waals surface area contributed by atoms with Gasteiger partial charge in [-0.05, 0) is 93.3 Å². The van der Waals surface area contributed by atoms with Crippen molar-refractivity contribution in [1.82, 2.24) is 5.32 Å². The van der Waals surface area contributed by atoms with Gasteiger partial charge in [0, 0.05) is 40.5 Å². The molecule has 234 valence electrons. The fourth-order valence-corrected chi connectivity index (χ4v) is 5.35. The van der Waals surface area contributed by atoms with Crippen LogP contribution >= 0.6 is 31.9 Å². The highest BCUT2D eigenvalue weighted by Gasteiger charge is 2.53. The molecule has 0 aliphatic carbocycles. The van der Waals surface area contributed by atoms with Crippen molar-refractivity contribution < 1.29 is 28.9 Å². The smallest absolute Gasteiger partial charge is 0.306 e. The fourth-order valence-electron chi connectivity index (χ4n) is 4.82. The third-order valence-electron chi connectivity index (χ3n) is 6.95. The Labute approximate surface area is 275 Å². The van der Waals surface area contributed by atoms with E-state index in [1.54, 1.807) is 12.1 Å². The molecule has 0 fully saturated rings. The van der Waals surface area contributed by atoms with E-state index in [-0.39, 0.29) is 25.4 Å². The lowest BCUT2D eigenvalue weighted by atomic mass is 9.83. The topological polar surface area (TPSA) is 106 Å². The minimum atomic E-state index is -1.43. The molecule has 1 aliphatic rings. The number of ether oxygens (including phenoxy) is 3. The molecule has 1 heterocycles. The maximum absolute atomic E-state index is 14.2. The molecule has 0 unspecified atom stereocenters. The second-order valence-corrected chi connectivity index (χ2v) is 13.4. The van der Waals surface area contributed by atoms with Crippen LogP contribution in [0.5, 0.6) is 5.75 Å². The lowest BCUT2D eigenvalue weighted by Gasteiger charge is -2.31. The monoisotopic (exact) mass is 728 g/mol. The van der Waals surface area contributed by atoms with E-state index in [0.717, 1.165) is 20.1 Å². The van der Waals surface area contributed by atoms with Gasteiger partial charge in [-0.2, -0.15) is 0 Å². The van der Waals surface area contributed by atoms with Crippen molar-refractivity contribution in [2.45, 2.75) is 63.7 Å². The van der Waals surface area contributed by atoms with Crippen molar-refractivity contribution in [1.29, 1.82) is 0 Å². The van der Waals surface area contributed by atoms with E-state index in [0.29, 0.717) is 43.2 Å². The molecule has 44 heavy (non-hydrogen) atoms. The summed E-state index contributed by atoms with van der Waals surface area (Å²) in [6.45, 7) is 6.26. The second kappa shape index (κ2) is 15.2. The molecule has 0 aromatic heterocycles. The first-order chi connectivity index (χ1) is 21.0. The number of benzene rings is 3. The predicted molar refractivity (Wildman–Crippen MR) is 177 cm³/mol. The summed E-state index contributed by atoms with van der Waals surface area (Å²) in [4.78, 5) is 32.1. The van der Waals surface area contributed by atoms with Crippen molar-refractivity contribution in [3.05, 3.63) is 98.4 Å². The third-order valence-corrected chi connectivity index (χ3v) is 8.00. The number of aliphatic imine (C=N–C) groups is 1. The summed E-state index contributed by atoms with van der Waals surface area (Å²) < 4.78 is 19.6. The van der Waals surface area contributed by atoms with Gasteiger partial charge in [0.25, 0.3) is 5.91 Å². The Morgan fingerprint density at radius 2 is 1.61 bits per heavy atom. The number of hydrogen-bond acceptors (Lipinski definition) is 7. The van der Waals surface area contributed by atoms with Gasteiger partial charge in [0.1, 0.15) is 11.4 Å².